The van der Waals surface area contributed by atoms with Gasteiger partial charge in [0, 0.05) is 67.9 Å². The van der Waals surface area contributed by atoms with Crippen LogP contribution in [0.15, 0.2) is 60.9 Å². The van der Waals surface area contributed by atoms with E-state index in [2.05, 4.69) is 44.1 Å². The zero-order valence-electron chi connectivity index (χ0n) is 18.5. The average molecular weight is 460 g/mol. The third kappa shape index (κ3) is 4.04. The normalized spacial score (nSPS) is 14.6. The topological polar surface area (TPSA) is 126 Å². The van der Waals surface area contributed by atoms with Crippen molar-refractivity contribution in [2.45, 2.75) is 0 Å². The van der Waals surface area contributed by atoms with Gasteiger partial charge in [0.1, 0.15) is 5.82 Å². The monoisotopic (exact) mass is 459 g/mol. The van der Waals surface area contributed by atoms with Crippen molar-refractivity contribution in [3.05, 3.63) is 71.0 Å². The number of piperazine rings is 1. The Hall–Kier alpha value is -4.02. The van der Waals surface area contributed by atoms with Gasteiger partial charge < -0.3 is 15.7 Å². The molecule has 2 aromatic carbocycles. The number of rotatable bonds is 6. The molecule has 34 heavy (non-hydrogen) atoms. The van der Waals surface area contributed by atoms with E-state index in [0.717, 1.165) is 55.1 Å². The fraction of sp³-hybridized carbons (Fsp3) is 0.250. The van der Waals surface area contributed by atoms with Crippen molar-refractivity contribution in [3.8, 4) is 22.3 Å². The highest BCUT2D eigenvalue weighted by atomic mass is 16.6. The number of nitro benzene ring substituents is 1. The lowest BCUT2D eigenvalue weighted by Crippen LogP contribution is -2.47. The number of aliphatic hydroxyl groups excluding tert-OH is 1. The number of benzene rings is 2. The van der Waals surface area contributed by atoms with Gasteiger partial charge in [-0.15, -0.1) is 0 Å². The standard InChI is InChI=1S/C24H25N7O3/c25-23-21(17-3-7-20(8-4-17)31(33)34)15-26-24-22(16-27-30(23)24)18-1-5-19(6-2-18)29-11-9-28(10-12-29)13-14-32/h1-8,15-16,32H,9-14,25H2. The summed E-state index contributed by atoms with van der Waals surface area (Å²) in [4.78, 5) is 19.7. The van der Waals surface area contributed by atoms with Crippen molar-refractivity contribution in [1.29, 1.82) is 0 Å². The minimum absolute atomic E-state index is 0.0215. The Kier molecular flexibility index (Phi) is 5.83. The van der Waals surface area contributed by atoms with Gasteiger partial charge >= 0.3 is 0 Å². The van der Waals surface area contributed by atoms with Crippen LogP contribution >= 0.6 is 0 Å². The molecule has 0 amide bonds. The van der Waals surface area contributed by atoms with E-state index in [1.807, 2.05) is 0 Å². The summed E-state index contributed by atoms with van der Waals surface area (Å²) in [6, 6.07) is 14.5. The molecule has 3 heterocycles. The molecule has 0 atom stereocenters. The van der Waals surface area contributed by atoms with Crippen molar-refractivity contribution < 1.29 is 10.0 Å². The van der Waals surface area contributed by atoms with Gasteiger partial charge in [0.2, 0.25) is 0 Å². The molecular formula is C24H25N7O3. The number of aromatic nitrogens is 3. The minimum atomic E-state index is -0.434. The number of nitro groups is 1. The number of hydrogen-bond donors (Lipinski definition) is 2. The molecule has 10 nitrogen and oxygen atoms in total. The van der Waals surface area contributed by atoms with Gasteiger partial charge in [-0.3, -0.25) is 15.0 Å². The SMILES string of the molecule is Nc1c(-c2ccc([N+](=O)[O-])cc2)cnc2c(-c3ccc(N4CCN(CCO)CC4)cc3)cnn12. The van der Waals surface area contributed by atoms with Gasteiger partial charge in [-0.2, -0.15) is 9.61 Å². The zero-order chi connectivity index (χ0) is 23.7. The summed E-state index contributed by atoms with van der Waals surface area (Å²) in [6.45, 7) is 4.66. The minimum Gasteiger partial charge on any atom is -0.395 e. The maximum atomic E-state index is 10.9. The Morgan fingerprint density at radius 1 is 0.941 bits per heavy atom. The third-order valence-electron chi connectivity index (χ3n) is 6.29. The Balaban J connectivity index is 1.38. The molecule has 174 valence electrons. The second-order valence-electron chi connectivity index (χ2n) is 8.25. The average Bonchev–Trinajstić information content (AvgIpc) is 3.30. The van der Waals surface area contributed by atoms with Gasteiger partial charge in [0.15, 0.2) is 5.65 Å². The van der Waals surface area contributed by atoms with Gasteiger partial charge in [0.05, 0.1) is 17.7 Å². The molecule has 1 fully saturated rings. The van der Waals surface area contributed by atoms with E-state index in [0.29, 0.717) is 17.0 Å². The second kappa shape index (κ2) is 9.08. The fourth-order valence-electron chi connectivity index (χ4n) is 4.36. The predicted octanol–water partition coefficient (Wildman–Crippen LogP) is 2.67. The van der Waals surface area contributed by atoms with E-state index in [-0.39, 0.29) is 12.3 Å². The summed E-state index contributed by atoms with van der Waals surface area (Å²) in [7, 11) is 0. The van der Waals surface area contributed by atoms with E-state index < -0.39 is 4.92 Å². The van der Waals surface area contributed by atoms with E-state index in [9.17, 15) is 10.1 Å². The largest absolute Gasteiger partial charge is 0.395 e. The number of anilines is 2. The van der Waals surface area contributed by atoms with Crippen molar-refractivity contribution >= 4 is 22.8 Å². The summed E-state index contributed by atoms with van der Waals surface area (Å²) in [6.07, 6.45) is 3.43. The lowest BCUT2D eigenvalue weighted by Gasteiger charge is -2.35. The summed E-state index contributed by atoms with van der Waals surface area (Å²) < 4.78 is 1.60. The van der Waals surface area contributed by atoms with Crippen LogP contribution in [0.1, 0.15) is 0 Å². The van der Waals surface area contributed by atoms with Crippen LogP contribution in [0.2, 0.25) is 0 Å². The van der Waals surface area contributed by atoms with Crippen LogP contribution < -0.4 is 10.6 Å². The van der Waals surface area contributed by atoms with Crippen LogP contribution in [0.4, 0.5) is 17.2 Å². The lowest BCUT2D eigenvalue weighted by atomic mass is 10.1. The van der Waals surface area contributed by atoms with Crippen molar-refractivity contribution in [2.75, 3.05) is 50.0 Å². The molecule has 3 N–H and O–H groups in total. The lowest BCUT2D eigenvalue weighted by molar-refractivity contribution is -0.384. The molecule has 0 radical (unpaired) electrons. The summed E-state index contributed by atoms with van der Waals surface area (Å²) in [5.41, 5.74) is 11.5. The van der Waals surface area contributed by atoms with Gasteiger partial charge in [-0.25, -0.2) is 4.98 Å². The molecule has 0 spiro atoms. The molecular weight excluding hydrogens is 434 g/mol. The Morgan fingerprint density at radius 3 is 2.24 bits per heavy atom. The molecule has 5 rings (SSSR count). The Bertz CT molecular complexity index is 1310. The van der Waals surface area contributed by atoms with Gasteiger partial charge in [-0.05, 0) is 35.4 Å². The first-order chi connectivity index (χ1) is 16.5. The quantitative estimate of drug-likeness (QED) is 0.333. The molecule has 0 bridgehead atoms. The summed E-state index contributed by atoms with van der Waals surface area (Å²) in [5.74, 6) is 0.419. The number of nitrogens with zero attached hydrogens (tertiary/aromatic N) is 6. The molecule has 0 aliphatic carbocycles. The number of non-ortho nitro benzene ring substituents is 1. The number of nitrogen functional groups attached to an aromatic ring is 1. The predicted molar refractivity (Wildman–Crippen MR) is 131 cm³/mol. The molecule has 1 aliphatic heterocycles. The van der Waals surface area contributed by atoms with Crippen LogP contribution in [0.5, 0.6) is 0 Å². The van der Waals surface area contributed by atoms with Gasteiger partial charge in [0.25, 0.3) is 5.69 Å². The number of aliphatic hydroxyl groups is 1. The molecule has 0 unspecified atom stereocenters. The highest BCUT2D eigenvalue weighted by Gasteiger charge is 2.18. The number of fused-ring (bicyclic) bond motifs is 1. The molecule has 4 aromatic rings. The van der Waals surface area contributed by atoms with Crippen molar-refractivity contribution in [3.63, 3.8) is 0 Å². The Labute approximate surface area is 196 Å². The molecule has 1 aliphatic rings. The van der Waals surface area contributed by atoms with Crippen LogP contribution in [0, 0.1) is 10.1 Å². The molecule has 1 saturated heterocycles. The van der Waals surface area contributed by atoms with E-state index >= 15 is 0 Å². The fourth-order valence-corrected chi connectivity index (χ4v) is 4.36. The zero-order valence-corrected chi connectivity index (χ0v) is 18.5. The maximum absolute atomic E-state index is 10.9. The summed E-state index contributed by atoms with van der Waals surface area (Å²) in [5, 5.41) is 24.5. The van der Waals surface area contributed by atoms with Crippen molar-refractivity contribution in [2.24, 2.45) is 0 Å². The molecule has 2 aromatic heterocycles. The maximum Gasteiger partial charge on any atom is 0.269 e. The van der Waals surface area contributed by atoms with Gasteiger partial charge in [-0.1, -0.05) is 12.1 Å². The highest BCUT2D eigenvalue weighted by Crippen LogP contribution is 2.31. The van der Waals surface area contributed by atoms with E-state index in [1.54, 1.807) is 29.0 Å². The van der Waals surface area contributed by atoms with Crippen LogP contribution in [0.3, 0.4) is 0 Å². The first kappa shape index (κ1) is 21.8. The van der Waals surface area contributed by atoms with E-state index in [1.165, 1.54) is 12.1 Å². The first-order valence-corrected chi connectivity index (χ1v) is 11.1. The second-order valence-corrected chi connectivity index (χ2v) is 8.25. The molecule has 10 heteroatoms. The van der Waals surface area contributed by atoms with Crippen molar-refractivity contribution in [1.82, 2.24) is 19.5 Å². The number of nitrogens with two attached hydrogens (primary N) is 1. The van der Waals surface area contributed by atoms with Crippen LogP contribution in [0.25, 0.3) is 27.9 Å². The highest BCUT2D eigenvalue weighted by molar-refractivity contribution is 5.82. The third-order valence-corrected chi connectivity index (χ3v) is 6.29. The van der Waals surface area contributed by atoms with E-state index in [4.69, 9.17) is 10.8 Å². The smallest absolute Gasteiger partial charge is 0.269 e. The Morgan fingerprint density at radius 2 is 1.59 bits per heavy atom. The summed E-state index contributed by atoms with van der Waals surface area (Å²) >= 11 is 0. The number of hydrogen-bond acceptors (Lipinski definition) is 8. The first-order valence-electron chi connectivity index (χ1n) is 11.1. The number of β-amino-alcohol motifs (C(OH)–C–C–N with tert-alkyl or cyclic N) is 1. The van der Waals surface area contributed by atoms with Crippen LogP contribution in [-0.2, 0) is 0 Å². The van der Waals surface area contributed by atoms with Crippen LogP contribution in [-0.4, -0.2) is 68.9 Å². The molecule has 0 saturated carbocycles.